The molecule has 1 aliphatic rings. The van der Waals surface area contributed by atoms with Crippen molar-refractivity contribution in [2.75, 3.05) is 12.0 Å². The SMILES string of the molecule is CS(=O)(=O)c1cc(C2CC2)nc(N)n1. The maximum atomic E-state index is 11.2. The average Bonchev–Trinajstić information content (AvgIpc) is 2.83. The van der Waals surface area contributed by atoms with E-state index in [2.05, 4.69) is 9.97 Å². The van der Waals surface area contributed by atoms with Crippen LogP contribution in [0, 0.1) is 0 Å². The molecule has 6 heteroatoms. The second-order valence-electron chi connectivity index (χ2n) is 3.54. The highest BCUT2D eigenvalue weighted by Crippen LogP contribution is 2.39. The van der Waals surface area contributed by atoms with Crippen LogP contribution in [0.4, 0.5) is 5.95 Å². The van der Waals surface area contributed by atoms with E-state index in [-0.39, 0.29) is 11.0 Å². The summed E-state index contributed by atoms with van der Waals surface area (Å²) in [5, 5.41) is 0.0203. The maximum Gasteiger partial charge on any atom is 0.221 e. The van der Waals surface area contributed by atoms with Crippen LogP contribution in [0.3, 0.4) is 0 Å². The van der Waals surface area contributed by atoms with Gasteiger partial charge >= 0.3 is 0 Å². The summed E-state index contributed by atoms with van der Waals surface area (Å²) < 4.78 is 22.5. The zero-order valence-electron chi connectivity index (χ0n) is 7.77. The van der Waals surface area contributed by atoms with Gasteiger partial charge < -0.3 is 5.73 Å². The molecular formula is C8H11N3O2S. The summed E-state index contributed by atoms with van der Waals surface area (Å²) >= 11 is 0. The van der Waals surface area contributed by atoms with Gasteiger partial charge in [0, 0.05) is 12.2 Å². The maximum absolute atomic E-state index is 11.2. The molecule has 0 spiro atoms. The van der Waals surface area contributed by atoms with Gasteiger partial charge in [-0.15, -0.1) is 0 Å². The second-order valence-corrected chi connectivity index (χ2v) is 5.50. The van der Waals surface area contributed by atoms with Crippen LogP contribution in [-0.4, -0.2) is 24.6 Å². The van der Waals surface area contributed by atoms with Gasteiger partial charge in [-0.2, -0.15) is 0 Å². The van der Waals surface area contributed by atoms with E-state index < -0.39 is 9.84 Å². The normalized spacial score (nSPS) is 16.9. The fraction of sp³-hybridized carbons (Fsp3) is 0.500. The number of nitrogen functional groups attached to an aromatic ring is 1. The van der Waals surface area contributed by atoms with Gasteiger partial charge in [0.15, 0.2) is 14.9 Å². The first-order valence-electron chi connectivity index (χ1n) is 4.31. The molecule has 14 heavy (non-hydrogen) atoms. The fourth-order valence-corrected chi connectivity index (χ4v) is 1.83. The Morgan fingerprint density at radius 3 is 2.57 bits per heavy atom. The molecule has 2 rings (SSSR count). The summed E-state index contributed by atoms with van der Waals surface area (Å²) in [7, 11) is -3.28. The molecule has 0 amide bonds. The molecule has 2 N–H and O–H groups in total. The Hall–Kier alpha value is -1.17. The van der Waals surface area contributed by atoms with Gasteiger partial charge in [0.25, 0.3) is 0 Å². The van der Waals surface area contributed by atoms with Crippen LogP contribution in [0.1, 0.15) is 24.5 Å². The Labute approximate surface area is 82.3 Å². The lowest BCUT2D eigenvalue weighted by molar-refractivity contribution is 0.597. The Balaban J connectivity index is 2.51. The smallest absolute Gasteiger partial charge is 0.221 e. The second kappa shape index (κ2) is 2.91. The monoisotopic (exact) mass is 213 g/mol. The van der Waals surface area contributed by atoms with Crippen molar-refractivity contribution in [3.8, 4) is 0 Å². The summed E-state index contributed by atoms with van der Waals surface area (Å²) in [6.45, 7) is 0. The minimum atomic E-state index is -3.28. The van der Waals surface area contributed by atoms with E-state index in [9.17, 15) is 8.42 Å². The molecule has 1 aromatic heterocycles. The van der Waals surface area contributed by atoms with Crippen molar-refractivity contribution in [1.29, 1.82) is 0 Å². The Morgan fingerprint density at radius 1 is 1.43 bits per heavy atom. The molecule has 0 radical (unpaired) electrons. The van der Waals surface area contributed by atoms with Crippen molar-refractivity contribution in [2.45, 2.75) is 23.8 Å². The lowest BCUT2D eigenvalue weighted by atomic mass is 10.3. The van der Waals surface area contributed by atoms with Gasteiger partial charge in [0.2, 0.25) is 5.95 Å². The summed E-state index contributed by atoms with van der Waals surface area (Å²) in [5.41, 5.74) is 6.18. The van der Waals surface area contributed by atoms with Crippen LogP contribution in [0.5, 0.6) is 0 Å². The van der Waals surface area contributed by atoms with Gasteiger partial charge in [-0.1, -0.05) is 0 Å². The summed E-state index contributed by atoms with van der Waals surface area (Å²) in [6.07, 6.45) is 3.23. The minimum Gasteiger partial charge on any atom is -0.368 e. The summed E-state index contributed by atoms with van der Waals surface area (Å²) in [4.78, 5) is 7.71. The lowest BCUT2D eigenvalue weighted by Gasteiger charge is -2.02. The van der Waals surface area contributed by atoms with Gasteiger partial charge in [-0.25, -0.2) is 18.4 Å². The molecule has 1 fully saturated rings. The first kappa shape index (κ1) is 9.39. The van der Waals surface area contributed by atoms with E-state index >= 15 is 0 Å². The summed E-state index contributed by atoms with van der Waals surface area (Å²) in [5.74, 6) is 0.413. The zero-order chi connectivity index (χ0) is 10.3. The fourth-order valence-electron chi connectivity index (χ4n) is 1.24. The highest BCUT2D eigenvalue weighted by Gasteiger charge is 2.27. The molecule has 76 valence electrons. The average molecular weight is 213 g/mol. The third-order valence-electron chi connectivity index (χ3n) is 2.12. The minimum absolute atomic E-state index is 0.0203. The van der Waals surface area contributed by atoms with E-state index in [1.54, 1.807) is 0 Å². The van der Waals surface area contributed by atoms with Gasteiger partial charge in [-0.3, -0.25) is 0 Å². The number of aromatic nitrogens is 2. The predicted octanol–water partition coefficient (Wildman–Crippen LogP) is 0.340. The van der Waals surface area contributed by atoms with Gasteiger partial charge in [0.05, 0.1) is 5.69 Å². The number of rotatable bonds is 2. The van der Waals surface area contributed by atoms with E-state index in [4.69, 9.17) is 5.73 Å². The quantitative estimate of drug-likeness (QED) is 0.716. The molecule has 0 saturated heterocycles. The van der Waals surface area contributed by atoms with Crippen molar-refractivity contribution in [2.24, 2.45) is 0 Å². The van der Waals surface area contributed by atoms with Crippen molar-refractivity contribution < 1.29 is 8.42 Å². The van der Waals surface area contributed by atoms with Crippen molar-refractivity contribution in [3.63, 3.8) is 0 Å². The molecular weight excluding hydrogens is 202 g/mol. The third kappa shape index (κ3) is 1.84. The van der Waals surface area contributed by atoms with Gasteiger partial charge in [0.1, 0.15) is 0 Å². The van der Waals surface area contributed by atoms with E-state index in [1.807, 2.05) is 0 Å². The number of anilines is 1. The Bertz CT molecular complexity index is 465. The largest absolute Gasteiger partial charge is 0.368 e. The van der Waals surface area contributed by atoms with E-state index in [0.717, 1.165) is 24.8 Å². The first-order chi connectivity index (χ1) is 6.47. The Morgan fingerprint density at radius 2 is 2.07 bits per heavy atom. The molecule has 0 unspecified atom stereocenters. The van der Waals surface area contributed by atoms with Crippen LogP contribution < -0.4 is 5.73 Å². The molecule has 1 aromatic rings. The van der Waals surface area contributed by atoms with Crippen LogP contribution in [0.15, 0.2) is 11.1 Å². The molecule has 0 aromatic carbocycles. The number of nitrogens with two attached hydrogens (primary N) is 1. The number of nitrogens with zero attached hydrogens (tertiary/aromatic N) is 2. The predicted molar refractivity (Wildman–Crippen MR) is 51.5 cm³/mol. The van der Waals surface area contributed by atoms with Crippen LogP contribution in [0.25, 0.3) is 0 Å². The Kier molecular flexibility index (Phi) is 1.95. The van der Waals surface area contributed by atoms with Crippen LogP contribution in [-0.2, 0) is 9.84 Å². The molecule has 1 heterocycles. The number of hydrogen-bond donors (Lipinski definition) is 1. The number of hydrogen-bond acceptors (Lipinski definition) is 5. The molecule has 0 aliphatic heterocycles. The highest BCUT2D eigenvalue weighted by atomic mass is 32.2. The van der Waals surface area contributed by atoms with E-state index in [1.165, 1.54) is 6.07 Å². The number of sulfone groups is 1. The molecule has 0 atom stereocenters. The molecule has 5 nitrogen and oxygen atoms in total. The molecule has 1 aliphatic carbocycles. The zero-order valence-corrected chi connectivity index (χ0v) is 8.58. The highest BCUT2D eigenvalue weighted by molar-refractivity contribution is 7.90. The standard InChI is InChI=1S/C8H11N3O2S/c1-14(12,13)7-4-6(5-2-3-5)10-8(9)11-7/h4-5H,2-3H2,1H3,(H2,9,10,11). The van der Waals surface area contributed by atoms with Crippen molar-refractivity contribution in [3.05, 3.63) is 11.8 Å². The third-order valence-corrected chi connectivity index (χ3v) is 3.08. The van der Waals surface area contributed by atoms with Crippen LogP contribution in [0.2, 0.25) is 0 Å². The van der Waals surface area contributed by atoms with Gasteiger partial charge in [-0.05, 0) is 18.9 Å². The topological polar surface area (TPSA) is 85.9 Å². The summed E-state index contributed by atoms with van der Waals surface area (Å²) in [6, 6.07) is 1.52. The molecule has 0 bridgehead atoms. The molecule has 1 saturated carbocycles. The van der Waals surface area contributed by atoms with Crippen molar-refractivity contribution in [1.82, 2.24) is 9.97 Å². The van der Waals surface area contributed by atoms with E-state index in [0.29, 0.717) is 5.92 Å². The van der Waals surface area contributed by atoms with Crippen LogP contribution >= 0.6 is 0 Å². The first-order valence-corrected chi connectivity index (χ1v) is 6.20. The lowest BCUT2D eigenvalue weighted by Crippen LogP contribution is -2.06. The van der Waals surface area contributed by atoms with Crippen molar-refractivity contribution >= 4 is 15.8 Å².